The zero-order valence-corrected chi connectivity index (χ0v) is 11.6. The van der Waals surface area contributed by atoms with Gasteiger partial charge in [0.2, 0.25) is 0 Å². The molecule has 1 heterocycles. The molecule has 2 nitrogen and oxygen atoms in total. The van der Waals surface area contributed by atoms with Crippen LogP contribution in [0.4, 0.5) is 4.39 Å². The van der Waals surface area contributed by atoms with Crippen molar-refractivity contribution < 1.29 is 4.39 Å². The van der Waals surface area contributed by atoms with Gasteiger partial charge in [-0.25, -0.2) is 9.37 Å². The second-order valence-electron chi connectivity index (χ2n) is 4.48. The van der Waals surface area contributed by atoms with Crippen molar-refractivity contribution in [1.29, 1.82) is 0 Å². The van der Waals surface area contributed by atoms with Crippen molar-refractivity contribution in [2.45, 2.75) is 26.3 Å². The van der Waals surface area contributed by atoms with E-state index in [2.05, 4.69) is 17.2 Å². The first-order chi connectivity index (χ1) is 8.60. The van der Waals surface area contributed by atoms with E-state index in [9.17, 15) is 4.39 Å². The highest BCUT2D eigenvalue weighted by atomic mass is 32.1. The van der Waals surface area contributed by atoms with Crippen LogP contribution in [-0.4, -0.2) is 18.1 Å². The van der Waals surface area contributed by atoms with E-state index < -0.39 is 0 Å². The molecule has 1 aromatic carbocycles. The number of benzene rings is 1. The summed E-state index contributed by atoms with van der Waals surface area (Å²) in [5.74, 6) is -0.169. The minimum atomic E-state index is -0.169. The summed E-state index contributed by atoms with van der Waals surface area (Å²) in [5.41, 5.74) is 2.57. The fourth-order valence-corrected chi connectivity index (χ4v) is 2.64. The minimum absolute atomic E-state index is 0.169. The Hall–Kier alpha value is -1.26. The van der Waals surface area contributed by atoms with Crippen LogP contribution < -0.4 is 5.32 Å². The van der Waals surface area contributed by atoms with Gasteiger partial charge < -0.3 is 5.32 Å². The molecule has 2 rings (SSSR count). The average Bonchev–Trinajstić information content (AvgIpc) is 2.81. The number of nitrogens with one attached hydrogen (secondary N) is 1. The van der Waals surface area contributed by atoms with Crippen LogP contribution >= 0.6 is 11.3 Å². The van der Waals surface area contributed by atoms with Gasteiger partial charge in [-0.05, 0) is 44.7 Å². The van der Waals surface area contributed by atoms with Gasteiger partial charge in [0, 0.05) is 23.4 Å². The highest BCUT2D eigenvalue weighted by molar-refractivity contribution is 7.09. The van der Waals surface area contributed by atoms with Gasteiger partial charge in [0.05, 0.1) is 10.7 Å². The predicted octanol–water partition coefficient (Wildman–Crippen LogP) is 3.41. The SMILES string of the molecule is CNC(C)Cc1nc(-c2ccc(F)c(C)c2)cs1. The summed E-state index contributed by atoms with van der Waals surface area (Å²) in [6.07, 6.45) is 0.918. The standard InChI is InChI=1S/C14H17FN2S/c1-9-6-11(4-5-12(9)15)13-8-18-14(17-13)7-10(2)16-3/h4-6,8,10,16H,7H2,1-3H3. The normalized spacial score (nSPS) is 12.7. The molecule has 0 aliphatic carbocycles. The smallest absolute Gasteiger partial charge is 0.126 e. The zero-order chi connectivity index (χ0) is 13.1. The molecule has 0 saturated carbocycles. The number of aromatic nitrogens is 1. The van der Waals surface area contributed by atoms with Crippen LogP contribution in [-0.2, 0) is 6.42 Å². The van der Waals surface area contributed by atoms with E-state index in [4.69, 9.17) is 0 Å². The number of aryl methyl sites for hydroxylation is 1. The van der Waals surface area contributed by atoms with Gasteiger partial charge in [-0.15, -0.1) is 11.3 Å². The molecular weight excluding hydrogens is 247 g/mol. The van der Waals surface area contributed by atoms with Crippen LogP contribution in [0.5, 0.6) is 0 Å². The second-order valence-corrected chi connectivity index (χ2v) is 5.43. The number of halogens is 1. The van der Waals surface area contributed by atoms with Gasteiger partial charge >= 0.3 is 0 Å². The van der Waals surface area contributed by atoms with E-state index in [0.29, 0.717) is 11.6 Å². The molecular formula is C14H17FN2S. The predicted molar refractivity (Wildman–Crippen MR) is 74.5 cm³/mol. The molecule has 0 fully saturated rings. The molecule has 0 amide bonds. The van der Waals surface area contributed by atoms with Crippen LogP contribution in [0.2, 0.25) is 0 Å². The quantitative estimate of drug-likeness (QED) is 0.915. The van der Waals surface area contributed by atoms with Gasteiger partial charge in [0.15, 0.2) is 0 Å². The lowest BCUT2D eigenvalue weighted by atomic mass is 10.1. The Morgan fingerprint density at radius 2 is 2.22 bits per heavy atom. The summed E-state index contributed by atoms with van der Waals surface area (Å²) in [4.78, 5) is 4.60. The maximum atomic E-state index is 13.2. The highest BCUT2D eigenvalue weighted by Gasteiger charge is 2.08. The van der Waals surface area contributed by atoms with Crippen LogP contribution in [0.1, 0.15) is 17.5 Å². The molecule has 1 atom stereocenters. The molecule has 1 N–H and O–H groups in total. The molecule has 0 radical (unpaired) electrons. The molecule has 2 aromatic rings. The summed E-state index contributed by atoms with van der Waals surface area (Å²) >= 11 is 1.65. The first-order valence-corrected chi connectivity index (χ1v) is 6.86. The summed E-state index contributed by atoms with van der Waals surface area (Å²) in [7, 11) is 1.95. The number of hydrogen-bond acceptors (Lipinski definition) is 3. The largest absolute Gasteiger partial charge is 0.317 e. The third kappa shape index (κ3) is 2.94. The Balaban J connectivity index is 2.21. The molecule has 18 heavy (non-hydrogen) atoms. The summed E-state index contributed by atoms with van der Waals surface area (Å²) in [6, 6.07) is 5.54. The Morgan fingerprint density at radius 1 is 1.44 bits per heavy atom. The van der Waals surface area contributed by atoms with E-state index in [1.54, 1.807) is 24.3 Å². The second kappa shape index (κ2) is 5.59. The number of thiazole rings is 1. The first-order valence-electron chi connectivity index (χ1n) is 5.98. The van der Waals surface area contributed by atoms with Crippen molar-refractivity contribution in [2.75, 3.05) is 7.05 Å². The van der Waals surface area contributed by atoms with Gasteiger partial charge in [0.25, 0.3) is 0 Å². The Labute approximate surface area is 111 Å². The number of nitrogens with zero attached hydrogens (tertiary/aromatic N) is 1. The summed E-state index contributed by atoms with van der Waals surface area (Å²) in [5, 5.41) is 6.33. The maximum absolute atomic E-state index is 13.2. The molecule has 1 aromatic heterocycles. The Bertz CT molecular complexity index is 536. The fourth-order valence-electron chi connectivity index (χ4n) is 1.71. The van der Waals surface area contributed by atoms with Gasteiger partial charge in [-0.3, -0.25) is 0 Å². The average molecular weight is 264 g/mol. The third-order valence-electron chi connectivity index (χ3n) is 2.98. The Morgan fingerprint density at radius 3 is 2.89 bits per heavy atom. The van der Waals surface area contributed by atoms with Gasteiger partial charge in [-0.1, -0.05) is 0 Å². The molecule has 0 saturated heterocycles. The zero-order valence-electron chi connectivity index (χ0n) is 10.8. The topological polar surface area (TPSA) is 24.9 Å². The van der Waals surface area contributed by atoms with Crippen molar-refractivity contribution in [3.05, 3.63) is 40.0 Å². The molecule has 0 aliphatic rings. The van der Waals surface area contributed by atoms with E-state index >= 15 is 0 Å². The van der Waals surface area contributed by atoms with E-state index in [-0.39, 0.29) is 5.82 Å². The summed E-state index contributed by atoms with van der Waals surface area (Å²) < 4.78 is 13.2. The minimum Gasteiger partial charge on any atom is -0.317 e. The van der Waals surface area contributed by atoms with Crippen LogP contribution in [0, 0.1) is 12.7 Å². The van der Waals surface area contributed by atoms with Crippen molar-refractivity contribution in [3.8, 4) is 11.3 Å². The molecule has 0 spiro atoms. The molecule has 1 unspecified atom stereocenters. The third-order valence-corrected chi connectivity index (χ3v) is 3.85. The number of hydrogen-bond donors (Lipinski definition) is 1. The molecule has 96 valence electrons. The first kappa shape index (κ1) is 13.2. The van der Waals surface area contributed by atoms with Crippen molar-refractivity contribution in [3.63, 3.8) is 0 Å². The summed E-state index contributed by atoms with van der Waals surface area (Å²) in [6.45, 7) is 3.90. The van der Waals surface area contributed by atoms with Gasteiger partial charge in [0.1, 0.15) is 5.82 Å². The van der Waals surface area contributed by atoms with Crippen molar-refractivity contribution >= 4 is 11.3 Å². The van der Waals surface area contributed by atoms with Crippen LogP contribution in [0.25, 0.3) is 11.3 Å². The van der Waals surface area contributed by atoms with E-state index in [0.717, 1.165) is 22.7 Å². The lowest BCUT2D eigenvalue weighted by Crippen LogP contribution is -2.23. The lowest BCUT2D eigenvalue weighted by molar-refractivity contribution is 0.607. The molecule has 4 heteroatoms. The highest BCUT2D eigenvalue weighted by Crippen LogP contribution is 2.24. The van der Waals surface area contributed by atoms with E-state index in [1.165, 1.54) is 6.07 Å². The number of rotatable bonds is 4. The lowest BCUT2D eigenvalue weighted by Gasteiger charge is -2.06. The monoisotopic (exact) mass is 264 g/mol. The van der Waals surface area contributed by atoms with E-state index in [1.807, 2.05) is 18.5 Å². The molecule has 0 bridgehead atoms. The van der Waals surface area contributed by atoms with Gasteiger partial charge in [-0.2, -0.15) is 0 Å². The molecule has 0 aliphatic heterocycles. The fraction of sp³-hybridized carbons (Fsp3) is 0.357. The maximum Gasteiger partial charge on any atom is 0.126 e. The van der Waals surface area contributed by atoms with Crippen LogP contribution in [0.15, 0.2) is 23.6 Å². The van der Waals surface area contributed by atoms with Crippen LogP contribution in [0.3, 0.4) is 0 Å². The van der Waals surface area contributed by atoms with Crippen molar-refractivity contribution in [1.82, 2.24) is 10.3 Å². The van der Waals surface area contributed by atoms with Crippen molar-refractivity contribution in [2.24, 2.45) is 0 Å². The Kier molecular flexibility index (Phi) is 4.09. The number of likely N-dealkylation sites (N-methyl/N-ethyl adjacent to an activating group) is 1.